The van der Waals surface area contributed by atoms with E-state index in [0.717, 1.165) is 22.4 Å². The van der Waals surface area contributed by atoms with Crippen LogP contribution in [0.2, 0.25) is 0 Å². The van der Waals surface area contributed by atoms with Gasteiger partial charge in [-0.05, 0) is 17.7 Å². The van der Waals surface area contributed by atoms with E-state index in [4.69, 9.17) is 12.2 Å². The van der Waals surface area contributed by atoms with E-state index in [0.29, 0.717) is 17.7 Å². The molecule has 1 aromatic heterocycles. The van der Waals surface area contributed by atoms with Crippen molar-refractivity contribution in [1.82, 2.24) is 4.98 Å². The first-order chi connectivity index (χ1) is 10.2. The molecule has 0 unspecified atom stereocenters. The van der Waals surface area contributed by atoms with Crippen molar-refractivity contribution < 1.29 is 4.79 Å². The number of ketones is 1. The van der Waals surface area contributed by atoms with Crippen molar-refractivity contribution in [3.8, 4) is 23.5 Å². The van der Waals surface area contributed by atoms with Crippen molar-refractivity contribution in [3.63, 3.8) is 0 Å². The lowest BCUT2D eigenvalue weighted by molar-refractivity contribution is 0.1000. The van der Waals surface area contributed by atoms with Crippen molar-refractivity contribution in [2.75, 3.05) is 13.1 Å². The number of aliphatic imine (C=N–C) groups is 1. The van der Waals surface area contributed by atoms with Gasteiger partial charge in [0.1, 0.15) is 6.54 Å². The van der Waals surface area contributed by atoms with Crippen LogP contribution >= 0.6 is 0 Å². The second-order valence-corrected chi connectivity index (χ2v) is 4.76. The van der Waals surface area contributed by atoms with Gasteiger partial charge in [0.15, 0.2) is 5.78 Å². The second-order valence-electron chi connectivity index (χ2n) is 4.76. The molecule has 1 aliphatic heterocycles. The van der Waals surface area contributed by atoms with Crippen LogP contribution in [0.4, 0.5) is 0 Å². The van der Waals surface area contributed by atoms with Gasteiger partial charge in [-0.2, -0.15) is 0 Å². The van der Waals surface area contributed by atoms with Gasteiger partial charge in [-0.3, -0.25) is 14.8 Å². The van der Waals surface area contributed by atoms with Crippen LogP contribution < -0.4 is 5.73 Å². The Bertz CT molecular complexity index is 800. The van der Waals surface area contributed by atoms with Crippen LogP contribution in [0, 0.1) is 12.3 Å². The number of carbonyl (C=O) groups excluding carboxylic acids is 1. The Hall–Kier alpha value is -2.77. The van der Waals surface area contributed by atoms with Gasteiger partial charge >= 0.3 is 0 Å². The molecule has 21 heavy (non-hydrogen) atoms. The molecule has 0 amide bonds. The average molecular weight is 275 g/mol. The van der Waals surface area contributed by atoms with E-state index in [9.17, 15) is 4.79 Å². The fourth-order valence-electron chi connectivity index (χ4n) is 2.39. The monoisotopic (exact) mass is 275 g/mol. The van der Waals surface area contributed by atoms with E-state index in [1.807, 2.05) is 24.3 Å². The smallest absolute Gasteiger partial charge is 0.184 e. The third-order valence-electron chi connectivity index (χ3n) is 3.48. The SMILES string of the molecule is C#Cc1cncc(-c2ccc3c(c2)C(CN)=NCC3=O)c1. The van der Waals surface area contributed by atoms with Crippen LogP contribution in [0.25, 0.3) is 11.1 Å². The predicted molar refractivity (Wildman–Crippen MR) is 82.4 cm³/mol. The topological polar surface area (TPSA) is 68.3 Å². The summed E-state index contributed by atoms with van der Waals surface area (Å²) < 4.78 is 0. The van der Waals surface area contributed by atoms with Crippen LogP contribution in [-0.2, 0) is 0 Å². The molecule has 0 saturated heterocycles. The quantitative estimate of drug-likeness (QED) is 0.848. The van der Waals surface area contributed by atoms with Gasteiger partial charge in [0.2, 0.25) is 0 Å². The standard InChI is InChI=1S/C17H13N3O/c1-2-11-5-13(9-19-8-11)12-3-4-14-15(6-12)16(7-18)20-10-17(14)21/h1,3-6,8-9H,7,10,18H2. The Kier molecular flexibility index (Phi) is 3.35. The molecular weight excluding hydrogens is 262 g/mol. The summed E-state index contributed by atoms with van der Waals surface area (Å²) in [6.45, 7) is 0.486. The summed E-state index contributed by atoms with van der Waals surface area (Å²) in [5.74, 6) is 2.58. The molecule has 1 aliphatic rings. The molecule has 1 aromatic carbocycles. The molecule has 4 nitrogen and oxygen atoms in total. The predicted octanol–water partition coefficient (Wildman–Crippen LogP) is 1.67. The number of nitrogens with two attached hydrogens (primary N) is 1. The van der Waals surface area contributed by atoms with E-state index in [1.54, 1.807) is 12.4 Å². The molecule has 3 rings (SSSR count). The molecule has 0 bridgehead atoms. The second kappa shape index (κ2) is 5.31. The van der Waals surface area contributed by atoms with E-state index in [-0.39, 0.29) is 12.3 Å². The van der Waals surface area contributed by atoms with Gasteiger partial charge in [0.25, 0.3) is 0 Å². The van der Waals surface area contributed by atoms with Crippen LogP contribution in [-0.4, -0.2) is 29.6 Å². The summed E-state index contributed by atoms with van der Waals surface area (Å²) >= 11 is 0. The van der Waals surface area contributed by atoms with Gasteiger partial charge < -0.3 is 5.73 Å². The number of carbonyl (C=O) groups is 1. The fourth-order valence-corrected chi connectivity index (χ4v) is 2.39. The molecule has 102 valence electrons. The number of benzene rings is 1. The lowest BCUT2D eigenvalue weighted by Crippen LogP contribution is -2.24. The van der Waals surface area contributed by atoms with Crippen molar-refractivity contribution in [1.29, 1.82) is 0 Å². The zero-order valence-corrected chi connectivity index (χ0v) is 11.3. The molecule has 0 radical (unpaired) electrons. The van der Waals surface area contributed by atoms with E-state index >= 15 is 0 Å². The van der Waals surface area contributed by atoms with Gasteiger partial charge in [-0.15, -0.1) is 6.42 Å². The summed E-state index contributed by atoms with van der Waals surface area (Å²) in [6, 6.07) is 7.53. The lowest BCUT2D eigenvalue weighted by Gasteiger charge is -2.16. The first-order valence-corrected chi connectivity index (χ1v) is 6.56. The maximum atomic E-state index is 11.9. The minimum absolute atomic E-state index is 0.0178. The Morgan fingerprint density at radius 2 is 2.05 bits per heavy atom. The molecule has 2 N–H and O–H groups in total. The van der Waals surface area contributed by atoms with E-state index in [2.05, 4.69) is 15.9 Å². The van der Waals surface area contributed by atoms with Gasteiger partial charge in [-0.25, -0.2) is 0 Å². The Morgan fingerprint density at radius 3 is 2.81 bits per heavy atom. The minimum Gasteiger partial charge on any atom is -0.325 e. The van der Waals surface area contributed by atoms with Crippen molar-refractivity contribution in [2.24, 2.45) is 10.7 Å². The molecule has 2 heterocycles. The van der Waals surface area contributed by atoms with Gasteiger partial charge in [0.05, 0.1) is 5.71 Å². The third kappa shape index (κ3) is 2.35. The number of terminal acetylenes is 1. The zero-order valence-electron chi connectivity index (χ0n) is 11.3. The number of aromatic nitrogens is 1. The van der Waals surface area contributed by atoms with Crippen molar-refractivity contribution in [2.45, 2.75) is 0 Å². The number of rotatable bonds is 2. The average Bonchev–Trinajstić information content (AvgIpc) is 2.55. The largest absolute Gasteiger partial charge is 0.325 e. The van der Waals surface area contributed by atoms with Gasteiger partial charge in [-0.1, -0.05) is 18.1 Å². The summed E-state index contributed by atoms with van der Waals surface area (Å²) in [4.78, 5) is 20.3. The highest BCUT2D eigenvalue weighted by Gasteiger charge is 2.20. The highest BCUT2D eigenvalue weighted by molar-refractivity contribution is 6.16. The Morgan fingerprint density at radius 1 is 1.19 bits per heavy atom. The third-order valence-corrected chi connectivity index (χ3v) is 3.48. The molecule has 0 saturated carbocycles. The molecule has 0 atom stereocenters. The molecule has 2 aromatic rings. The first-order valence-electron chi connectivity index (χ1n) is 6.56. The molecular formula is C17H13N3O. The molecule has 0 spiro atoms. The number of fused-ring (bicyclic) bond motifs is 1. The lowest BCUT2D eigenvalue weighted by atomic mass is 9.92. The van der Waals surface area contributed by atoms with Crippen LogP contribution in [0.5, 0.6) is 0 Å². The minimum atomic E-state index is 0.0178. The normalized spacial score (nSPS) is 13.3. The van der Waals surface area contributed by atoms with Crippen molar-refractivity contribution in [3.05, 3.63) is 53.3 Å². The summed E-state index contributed by atoms with van der Waals surface area (Å²) in [5, 5.41) is 0. The maximum Gasteiger partial charge on any atom is 0.184 e. The number of hydrogen-bond donors (Lipinski definition) is 1. The Labute approximate surface area is 122 Å². The maximum absolute atomic E-state index is 11.9. The van der Waals surface area contributed by atoms with Gasteiger partial charge in [0, 0.05) is 41.2 Å². The van der Waals surface area contributed by atoms with Crippen LogP contribution in [0.3, 0.4) is 0 Å². The van der Waals surface area contributed by atoms with E-state index in [1.165, 1.54) is 0 Å². The molecule has 0 aliphatic carbocycles. The fraction of sp³-hybridized carbons (Fsp3) is 0.118. The number of pyridine rings is 1. The summed E-state index contributed by atoms with van der Waals surface area (Å²) in [7, 11) is 0. The summed E-state index contributed by atoms with van der Waals surface area (Å²) in [6.07, 6.45) is 8.78. The van der Waals surface area contributed by atoms with Crippen LogP contribution in [0.1, 0.15) is 21.5 Å². The van der Waals surface area contributed by atoms with Crippen molar-refractivity contribution >= 4 is 11.5 Å². The molecule has 4 heteroatoms. The highest BCUT2D eigenvalue weighted by Crippen LogP contribution is 2.25. The Balaban J connectivity index is 2.13. The highest BCUT2D eigenvalue weighted by atomic mass is 16.1. The number of nitrogens with zero attached hydrogens (tertiary/aromatic N) is 2. The van der Waals surface area contributed by atoms with Crippen LogP contribution in [0.15, 0.2) is 41.7 Å². The molecule has 0 fully saturated rings. The zero-order chi connectivity index (χ0) is 14.8. The summed E-state index contributed by atoms with van der Waals surface area (Å²) in [5.41, 5.74) is 10.5. The van der Waals surface area contributed by atoms with E-state index < -0.39 is 0 Å². The number of hydrogen-bond acceptors (Lipinski definition) is 4. The number of Topliss-reactive ketones (excluding diaryl/α,β-unsaturated/α-hetero) is 1. The first kappa shape index (κ1) is 13.2.